The van der Waals surface area contributed by atoms with Gasteiger partial charge in [0.15, 0.2) is 0 Å². The highest BCUT2D eigenvalue weighted by Gasteiger charge is 2.00. The van der Waals surface area contributed by atoms with Gasteiger partial charge in [-0.05, 0) is 19.8 Å². The predicted octanol–water partition coefficient (Wildman–Crippen LogP) is 1.32. The summed E-state index contributed by atoms with van der Waals surface area (Å²) < 4.78 is 4.73. The minimum Gasteiger partial charge on any atom is -0.462 e. The zero-order chi connectivity index (χ0) is 8.69. The Labute approximate surface area is 66.7 Å². The van der Waals surface area contributed by atoms with E-state index in [1.54, 1.807) is 6.92 Å². The first-order valence-electron chi connectivity index (χ1n) is 3.59. The van der Waals surface area contributed by atoms with Crippen LogP contribution in [0.2, 0.25) is 0 Å². The van der Waals surface area contributed by atoms with Crippen molar-refractivity contribution >= 4 is 5.97 Å². The monoisotopic (exact) mass is 157 g/mol. The molecule has 11 heavy (non-hydrogen) atoms. The van der Waals surface area contributed by atoms with E-state index in [1.807, 2.05) is 0 Å². The smallest absolute Gasteiger partial charge is 0.333 e. The van der Waals surface area contributed by atoms with Crippen molar-refractivity contribution in [3.8, 4) is 0 Å². The van der Waals surface area contributed by atoms with Gasteiger partial charge >= 0.3 is 5.97 Å². The van der Waals surface area contributed by atoms with E-state index in [0.29, 0.717) is 25.0 Å². The first kappa shape index (κ1) is 10.2. The fourth-order valence-electron chi connectivity index (χ4n) is 0.492. The molecular formula is C8H13O3. The normalized spacial score (nSPS) is 9.27. The van der Waals surface area contributed by atoms with Crippen molar-refractivity contribution in [3.05, 3.63) is 12.2 Å². The standard InChI is InChI=1S/C8H13O3/c1-7(2)8(10)11-6-4-3-5-9/h1,3-6H2,2H3. The molecule has 0 unspecified atom stereocenters. The van der Waals surface area contributed by atoms with Gasteiger partial charge in [-0.15, -0.1) is 0 Å². The molecule has 0 N–H and O–H groups in total. The Hall–Kier alpha value is -0.830. The summed E-state index contributed by atoms with van der Waals surface area (Å²) >= 11 is 0. The summed E-state index contributed by atoms with van der Waals surface area (Å²) in [6, 6.07) is 0. The lowest BCUT2D eigenvalue weighted by Crippen LogP contribution is -2.06. The molecule has 0 aromatic heterocycles. The van der Waals surface area contributed by atoms with Crippen molar-refractivity contribution in [2.45, 2.75) is 19.8 Å². The first-order valence-corrected chi connectivity index (χ1v) is 3.59. The average molecular weight is 157 g/mol. The Morgan fingerprint density at radius 1 is 1.45 bits per heavy atom. The average Bonchev–Trinajstić information content (AvgIpc) is 1.97. The highest BCUT2D eigenvalue weighted by Crippen LogP contribution is 1.94. The van der Waals surface area contributed by atoms with E-state index in [9.17, 15) is 9.90 Å². The maximum absolute atomic E-state index is 10.7. The number of ether oxygens (including phenoxy) is 1. The van der Waals surface area contributed by atoms with Crippen molar-refractivity contribution in [2.75, 3.05) is 13.2 Å². The van der Waals surface area contributed by atoms with Crippen LogP contribution in [0.4, 0.5) is 0 Å². The largest absolute Gasteiger partial charge is 0.462 e. The minimum atomic E-state index is -0.379. The molecule has 0 heterocycles. The van der Waals surface area contributed by atoms with E-state index in [1.165, 1.54) is 0 Å². The maximum atomic E-state index is 10.7. The maximum Gasteiger partial charge on any atom is 0.333 e. The Morgan fingerprint density at radius 3 is 2.55 bits per heavy atom. The molecule has 63 valence electrons. The lowest BCUT2D eigenvalue weighted by Gasteiger charge is -2.01. The molecule has 0 saturated carbocycles. The summed E-state index contributed by atoms with van der Waals surface area (Å²) in [5.41, 5.74) is 0.395. The topological polar surface area (TPSA) is 46.2 Å². The van der Waals surface area contributed by atoms with Gasteiger partial charge in [-0.2, -0.15) is 0 Å². The molecule has 0 rings (SSSR count). The van der Waals surface area contributed by atoms with Crippen LogP contribution in [-0.4, -0.2) is 19.2 Å². The molecule has 1 radical (unpaired) electrons. The number of carbonyl (C=O) groups is 1. The van der Waals surface area contributed by atoms with Crippen LogP contribution in [0, 0.1) is 0 Å². The molecule has 0 atom stereocenters. The SMILES string of the molecule is C=C(C)C(=O)OCCCC[O]. The molecule has 0 spiro atoms. The van der Waals surface area contributed by atoms with Crippen molar-refractivity contribution in [1.82, 2.24) is 0 Å². The van der Waals surface area contributed by atoms with Gasteiger partial charge in [-0.25, -0.2) is 9.90 Å². The second-order valence-corrected chi connectivity index (χ2v) is 2.33. The molecule has 0 fully saturated rings. The molecule has 0 aliphatic carbocycles. The van der Waals surface area contributed by atoms with Crippen molar-refractivity contribution in [1.29, 1.82) is 0 Å². The molecule has 0 aliphatic heterocycles. The fourth-order valence-corrected chi connectivity index (χ4v) is 0.492. The molecule has 0 amide bonds. The second kappa shape index (κ2) is 5.92. The molecule has 0 saturated heterocycles. The molecule has 0 aliphatic rings. The van der Waals surface area contributed by atoms with Gasteiger partial charge < -0.3 is 4.74 Å². The molecular weight excluding hydrogens is 144 g/mol. The van der Waals surface area contributed by atoms with E-state index in [2.05, 4.69) is 6.58 Å². The number of unbranched alkanes of at least 4 members (excludes halogenated alkanes) is 1. The van der Waals surface area contributed by atoms with Crippen LogP contribution >= 0.6 is 0 Å². The minimum absolute atomic E-state index is 0.107. The summed E-state index contributed by atoms with van der Waals surface area (Å²) in [6.07, 6.45) is 1.20. The summed E-state index contributed by atoms with van der Waals surface area (Å²) in [7, 11) is 0. The van der Waals surface area contributed by atoms with Crippen LogP contribution in [0.25, 0.3) is 0 Å². The zero-order valence-electron chi connectivity index (χ0n) is 6.76. The van der Waals surface area contributed by atoms with Crippen molar-refractivity contribution in [2.24, 2.45) is 0 Å². The van der Waals surface area contributed by atoms with Crippen LogP contribution in [0.3, 0.4) is 0 Å². The molecule has 0 bridgehead atoms. The Morgan fingerprint density at radius 2 is 2.09 bits per heavy atom. The van der Waals surface area contributed by atoms with Crippen molar-refractivity contribution < 1.29 is 14.6 Å². The van der Waals surface area contributed by atoms with E-state index < -0.39 is 0 Å². The number of rotatable bonds is 5. The lowest BCUT2D eigenvalue weighted by atomic mass is 10.3. The second-order valence-electron chi connectivity index (χ2n) is 2.33. The van der Waals surface area contributed by atoms with Crippen LogP contribution in [0.15, 0.2) is 12.2 Å². The van der Waals surface area contributed by atoms with Gasteiger partial charge in [0.1, 0.15) is 0 Å². The van der Waals surface area contributed by atoms with Gasteiger partial charge in [0.25, 0.3) is 0 Å². The van der Waals surface area contributed by atoms with Gasteiger partial charge in [0, 0.05) is 5.57 Å². The fraction of sp³-hybridized carbons (Fsp3) is 0.625. The summed E-state index contributed by atoms with van der Waals surface area (Å²) in [6.45, 7) is 5.23. The number of esters is 1. The first-order chi connectivity index (χ1) is 5.18. The third kappa shape index (κ3) is 5.61. The van der Waals surface area contributed by atoms with Crippen LogP contribution in [-0.2, 0) is 14.6 Å². The van der Waals surface area contributed by atoms with Gasteiger partial charge in [-0.3, -0.25) is 0 Å². The quantitative estimate of drug-likeness (QED) is 0.343. The van der Waals surface area contributed by atoms with Gasteiger partial charge in [0.05, 0.1) is 13.2 Å². The summed E-state index contributed by atoms with van der Waals surface area (Å²) in [4.78, 5) is 10.7. The summed E-state index contributed by atoms with van der Waals surface area (Å²) in [5.74, 6) is -0.379. The predicted molar refractivity (Wildman–Crippen MR) is 40.6 cm³/mol. The lowest BCUT2D eigenvalue weighted by molar-refractivity contribution is -0.139. The van der Waals surface area contributed by atoms with Crippen molar-refractivity contribution in [3.63, 3.8) is 0 Å². The number of hydrogen-bond acceptors (Lipinski definition) is 2. The van der Waals surface area contributed by atoms with E-state index in [4.69, 9.17) is 4.74 Å². The van der Waals surface area contributed by atoms with Gasteiger partial charge in [-0.1, -0.05) is 6.58 Å². The Bertz CT molecular complexity index is 140. The highest BCUT2D eigenvalue weighted by atomic mass is 16.5. The zero-order valence-corrected chi connectivity index (χ0v) is 6.76. The van der Waals surface area contributed by atoms with E-state index >= 15 is 0 Å². The van der Waals surface area contributed by atoms with Crippen LogP contribution in [0.5, 0.6) is 0 Å². The Balaban J connectivity index is 3.25. The molecule has 0 aromatic carbocycles. The third-order valence-corrected chi connectivity index (χ3v) is 1.12. The highest BCUT2D eigenvalue weighted by molar-refractivity contribution is 5.86. The number of carbonyl (C=O) groups excluding carboxylic acids is 1. The van der Waals surface area contributed by atoms with Gasteiger partial charge in [0.2, 0.25) is 0 Å². The van der Waals surface area contributed by atoms with Crippen LogP contribution < -0.4 is 0 Å². The van der Waals surface area contributed by atoms with Crippen LogP contribution in [0.1, 0.15) is 19.8 Å². The third-order valence-electron chi connectivity index (χ3n) is 1.12. The molecule has 0 aromatic rings. The summed E-state index contributed by atoms with van der Waals surface area (Å²) in [5, 5.41) is 9.95. The van der Waals surface area contributed by atoms with E-state index in [0.717, 1.165) is 0 Å². The Kier molecular flexibility index (Phi) is 5.47. The molecule has 3 nitrogen and oxygen atoms in total. The van der Waals surface area contributed by atoms with E-state index in [-0.39, 0.29) is 12.6 Å². The number of hydrogen-bond donors (Lipinski definition) is 0. The molecule has 3 heteroatoms.